The van der Waals surface area contributed by atoms with Crippen molar-refractivity contribution in [2.75, 3.05) is 19.6 Å². The van der Waals surface area contributed by atoms with Crippen molar-refractivity contribution >= 4 is 0 Å². The molecule has 0 bridgehead atoms. The van der Waals surface area contributed by atoms with E-state index in [1.165, 1.54) is 25.9 Å². The molecule has 1 atom stereocenters. The number of hydrogen-bond acceptors (Lipinski definition) is 3. The van der Waals surface area contributed by atoms with E-state index in [-0.39, 0.29) is 0 Å². The summed E-state index contributed by atoms with van der Waals surface area (Å²) in [6, 6.07) is 4.41. The zero-order valence-corrected chi connectivity index (χ0v) is 8.48. The van der Waals surface area contributed by atoms with Gasteiger partial charge < -0.3 is 10.2 Å². The van der Waals surface area contributed by atoms with Crippen molar-refractivity contribution in [2.45, 2.75) is 25.3 Å². The molecule has 0 aliphatic carbocycles. The third-order valence-corrected chi connectivity index (χ3v) is 2.89. The molecule has 1 saturated heterocycles. The highest BCUT2D eigenvalue weighted by Crippen LogP contribution is 2.27. The highest BCUT2D eigenvalue weighted by molar-refractivity contribution is 5.05. The van der Waals surface area contributed by atoms with Crippen molar-refractivity contribution in [1.82, 2.24) is 4.90 Å². The predicted molar refractivity (Wildman–Crippen MR) is 55.9 cm³/mol. The van der Waals surface area contributed by atoms with Crippen molar-refractivity contribution in [3.05, 3.63) is 24.2 Å². The molecule has 1 aromatic rings. The van der Waals surface area contributed by atoms with Gasteiger partial charge in [0.25, 0.3) is 0 Å². The van der Waals surface area contributed by atoms with Gasteiger partial charge in [0.05, 0.1) is 12.3 Å². The maximum Gasteiger partial charge on any atom is 0.120 e. The summed E-state index contributed by atoms with van der Waals surface area (Å²) >= 11 is 0. The zero-order chi connectivity index (χ0) is 9.80. The van der Waals surface area contributed by atoms with Crippen molar-refractivity contribution in [3.63, 3.8) is 0 Å². The third-order valence-electron chi connectivity index (χ3n) is 2.89. The summed E-state index contributed by atoms with van der Waals surface area (Å²) in [4.78, 5) is 2.48. The van der Waals surface area contributed by atoms with Crippen LogP contribution < -0.4 is 5.73 Å². The van der Waals surface area contributed by atoms with Crippen LogP contribution in [0, 0.1) is 0 Å². The molecular formula is C11H18N2O. The minimum absolute atomic E-state index is 0.400. The Morgan fingerprint density at radius 1 is 1.43 bits per heavy atom. The van der Waals surface area contributed by atoms with Gasteiger partial charge in [-0.25, -0.2) is 0 Å². The van der Waals surface area contributed by atoms with E-state index in [0.29, 0.717) is 6.04 Å². The molecule has 2 N–H and O–H groups in total. The van der Waals surface area contributed by atoms with E-state index in [1.807, 2.05) is 6.07 Å². The average molecular weight is 194 g/mol. The molecule has 3 nitrogen and oxygen atoms in total. The topological polar surface area (TPSA) is 42.4 Å². The maximum atomic E-state index is 5.63. The van der Waals surface area contributed by atoms with Gasteiger partial charge in [-0.3, -0.25) is 4.90 Å². The van der Waals surface area contributed by atoms with E-state index >= 15 is 0 Å². The summed E-state index contributed by atoms with van der Waals surface area (Å²) in [5.74, 6) is 1.07. The molecule has 0 saturated carbocycles. The molecule has 0 aromatic carbocycles. The van der Waals surface area contributed by atoms with Gasteiger partial charge in [0, 0.05) is 0 Å². The van der Waals surface area contributed by atoms with Crippen LogP contribution in [0.2, 0.25) is 0 Å². The summed E-state index contributed by atoms with van der Waals surface area (Å²) < 4.78 is 5.46. The Bertz CT molecular complexity index is 252. The second kappa shape index (κ2) is 4.62. The Morgan fingerprint density at radius 3 is 2.79 bits per heavy atom. The summed E-state index contributed by atoms with van der Waals surface area (Å²) in [6.45, 7) is 3.10. The van der Waals surface area contributed by atoms with E-state index in [0.717, 1.165) is 18.7 Å². The lowest BCUT2D eigenvalue weighted by Crippen LogP contribution is -2.27. The Balaban J connectivity index is 2.06. The van der Waals surface area contributed by atoms with Gasteiger partial charge in [-0.15, -0.1) is 0 Å². The standard InChI is InChI=1S/C11H18N2O/c12-6-5-10(11-4-3-9-14-11)13-7-1-2-8-13/h3-4,9-10H,1-2,5-8,12H2. The predicted octanol–water partition coefficient (Wildman–Crippen LogP) is 1.77. The molecule has 2 heterocycles. The molecule has 78 valence electrons. The molecular weight excluding hydrogens is 176 g/mol. The summed E-state index contributed by atoms with van der Waals surface area (Å²) in [7, 11) is 0. The van der Waals surface area contributed by atoms with Crippen LogP contribution in [-0.2, 0) is 0 Å². The van der Waals surface area contributed by atoms with Crippen molar-refractivity contribution in [3.8, 4) is 0 Å². The number of nitrogens with zero attached hydrogens (tertiary/aromatic N) is 1. The first-order valence-corrected chi connectivity index (χ1v) is 5.39. The highest BCUT2D eigenvalue weighted by Gasteiger charge is 2.24. The molecule has 1 unspecified atom stereocenters. The molecule has 1 aliphatic rings. The van der Waals surface area contributed by atoms with Crippen LogP contribution >= 0.6 is 0 Å². The molecule has 0 spiro atoms. The zero-order valence-electron chi connectivity index (χ0n) is 8.48. The lowest BCUT2D eigenvalue weighted by molar-refractivity contribution is 0.206. The van der Waals surface area contributed by atoms with Gasteiger partial charge in [0.1, 0.15) is 5.76 Å². The van der Waals surface area contributed by atoms with E-state index in [1.54, 1.807) is 6.26 Å². The Morgan fingerprint density at radius 2 is 2.21 bits per heavy atom. The van der Waals surface area contributed by atoms with Crippen LogP contribution in [0.3, 0.4) is 0 Å². The monoisotopic (exact) mass is 194 g/mol. The van der Waals surface area contributed by atoms with E-state index in [2.05, 4.69) is 11.0 Å². The average Bonchev–Trinajstić information content (AvgIpc) is 2.87. The molecule has 0 radical (unpaired) electrons. The smallest absolute Gasteiger partial charge is 0.120 e. The Labute approximate surface area is 84.9 Å². The number of hydrogen-bond donors (Lipinski definition) is 1. The van der Waals surface area contributed by atoms with Gasteiger partial charge in [-0.05, 0) is 51.0 Å². The van der Waals surface area contributed by atoms with E-state index < -0.39 is 0 Å². The first kappa shape index (κ1) is 9.74. The van der Waals surface area contributed by atoms with Crippen LogP contribution in [0.25, 0.3) is 0 Å². The van der Waals surface area contributed by atoms with Crippen LogP contribution in [0.1, 0.15) is 31.1 Å². The van der Waals surface area contributed by atoms with Crippen LogP contribution in [0.4, 0.5) is 0 Å². The van der Waals surface area contributed by atoms with Crippen LogP contribution in [0.15, 0.2) is 22.8 Å². The van der Waals surface area contributed by atoms with E-state index in [4.69, 9.17) is 10.2 Å². The fourth-order valence-corrected chi connectivity index (χ4v) is 2.20. The van der Waals surface area contributed by atoms with Crippen molar-refractivity contribution in [2.24, 2.45) is 5.73 Å². The number of nitrogens with two attached hydrogens (primary N) is 1. The van der Waals surface area contributed by atoms with E-state index in [9.17, 15) is 0 Å². The first-order chi connectivity index (χ1) is 6.92. The second-order valence-corrected chi connectivity index (χ2v) is 3.85. The van der Waals surface area contributed by atoms with Crippen LogP contribution in [0.5, 0.6) is 0 Å². The summed E-state index contributed by atoms with van der Waals surface area (Å²) in [6.07, 6.45) is 5.35. The summed E-state index contributed by atoms with van der Waals surface area (Å²) in [5.41, 5.74) is 5.63. The lowest BCUT2D eigenvalue weighted by Gasteiger charge is -2.25. The Hall–Kier alpha value is -0.800. The van der Waals surface area contributed by atoms with Crippen LogP contribution in [-0.4, -0.2) is 24.5 Å². The number of likely N-dealkylation sites (tertiary alicyclic amines) is 1. The quantitative estimate of drug-likeness (QED) is 0.794. The first-order valence-electron chi connectivity index (χ1n) is 5.39. The fraction of sp³-hybridized carbons (Fsp3) is 0.636. The molecule has 2 rings (SSSR count). The fourth-order valence-electron chi connectivity index (χ4n) is 2.20. The SMILES string of the molecule is NCCC(c1ccco1)N1CCCC1. The molecule has 1 aliphatic heterocycles. The van der Waals surface area contributed by atoms with Gasteiger partial charge in [0.15, 0.2) is 0 Å². The van der Waals surface area contributed by atoms with Gasteiger partial charge >= 0.3 is 0 Å². The molecule has 14 heavy (non-hydrogen) atoms. The Kier molecular flexibility index (Phi) is 3.22. The normalized spacial score (nSPS) is 20.1. The molecule has 0 amide bonds. The number of rotatable bonds is 4. The van der Waals surface area contributed by atoms with Crippen molar-refractivity contribution in [1.29, 1.82) is 0 Å². The number of furan rings is 1. The minimum atomic E-state index is 0.400. The minimum Gasteiger partial charge on any atom is -0.468 e. The van der Waals surface area contributed by atoms with Gasteiger partial charge in [0.2, 0.25) is 0 Å². The van der Waals surface area contributed by atoms with Gasteiger partial charge in [-0.1, -0.05) is 0 Å². The van der Waals surface area contributed by atoms with Gasteiger partial charge in [-0.2, -0.15) is 0 Å². The highest BCUT2D eigenvalue weighted by atomic mass is 16.3. The largest absolute Gasteiger partial charge is 0.468 e. The molecule has 1 aromatic heterocycles. The molecule has 1 fully saturated rings. The summed E-state index contributed by atoms with van der Waals surface area (Å²) in [5, 5.41) is 0. The second-order valence-electron chi connectivity index (χ2n) is 3.85. The van der Waals surface area contributed by atoms with Crippen molar-refractivity contribution < 1.29 is 4.42 Å². The maximum absolute atomic E-state index is 5.63. The third kappa shape index (κ3) is 1.99. The molecule has 3 heteroatoms. The lowest BCUT2D eigenvalue weighted by atomic mass is 10.1.